The molecular formula is C70H43BN4. The summed E-state index contributed by atoms with van der Waals surface area (Å²) >= 11 is 0. The first-order valence-electron chi connectivity index (χ1n) is 25.8. The van der Waals surface area contributed by atoms with Gasteiger partial charge in [0.25, 0.3) is 6.71 Å². The molecule has 346 valence electrons. The lowest BCUT2D eigenvalue weighted by Crippen LogP contribution is -2.59. The first-order valence-corrected chi connectivity index (χ1v) is 25.8. The lowest BCUT2D eigenvalue weighted by atomic mass is 9.34. The quantitative estimate of drug-likeness (QED) is 0.149. The Morgan fingerprint density at radius 2 is 0.640 bits per heavy atom. The fourth-order valence-corrected chi connectivity index (χ4v) is 12.9. The monoisotopic (exact) mass is 950 g/mol. The second-order valence-corrected chi connectivity index (χ2v) is 20.0. The molecule has 0 radical (unpaired) electrons. The highest BCUT2D eigenvalue weighted by Crippen LogP contribution is 2.50. The summed E-state index contributed by atoms with van der Waals surface area (Å²) in [5, 5.41) is 4.98. The molecule has 2 aliphatic rings. The second kappa shape index (κ2) is 16.3. The third kappa shape index (κ3) is 6.19. The van der Waals surface area contributed by atoms with Crippen molar-refractivity contribution in [3.05, 3.63) is 261 Å². The van der Waals surface area contributed by atoms with Gasteiger partial charge in [-0.25, -0.2) is 9.97 Å². The maximum Gasteiger partial charge on any atom is 0.252 e. The third-order valence-electron chi connectivity index (χ3n) is 16.0. The number of benzene rings is 11. The first kappa shape index (κ1) is 41.7. The topological polar surface area (TPSA) is 35.6 Å². The highest BCUT2D eigenvalue weighted by atomic mass is 15.0. The maximum absolute atomic E-state index is 4.99. The predicted molar refractivity (Wildman–Crippen MR) is 313 cm³/mol. The van der Waals surface area contributed by atoms with E-state index in [1.54, 1.807) is 0 Å². The van der Waals surface area contributed by atoms with Gasteiger partial charge in [0.1, 0.15) is 0 Å². The van der Waals surface area contributed by atoms with E-state index < -0.39 is 0 Å². The Balaban J connectivity index is 1.14. The first-order chi connectivity index (χ1) is 37.2. The van der Waals surface area contributed by atoms with Crippen molar-refractivity contribution in [3.8, 4) is 89.5 Å². The Morgan fingerprint density at radius 1 is 0.280 bits per heavy atom. The minimum absolute atomic E-state index is 0.114. The van der Waals surface area contributed by atoms with Crippen molar-refractivity contribution in [2.45, 2.75) is 0 Å². The van der Waals surface area contributed by atoms with Crippen molar-refractivity contribution in [3.63, 3.8) is 0 Å². The number of hydrogen-bond acceptors (Lipinski definition) is 2. The molecule has 3 aromatic heterocycles. The maximum atomic E-state index is 4.99. The van der Waals surface area contributed by atoms with Gasteiger partial charge in [0.15, 0.2) is 5.82 Å². The van der Waals surface area contributed by atoms with Gasteiger partial charge in [0.2, 0.25) is 0 Å². The number of rotatable bonds is 7. The van der Waals surface area contributed by atoms with E-state index >= 15 is 0 Å². The van der Waals surface area contributed by atoms with Gasteiger partial charge in [0.05, 0.1) is 22.1 Å². The van der Waals surface area contributed by atoms with Gasteiger partial charge in [-0.3, -0.25) is 0 Å². The van der Waals surface area contributed by atoms with Crippen LogP contribution in [-0.2, 0) is 0 Å². The molecule has 11 aromatic carbocycles. The smallest absolute Gasteiger partial charge is 0.252 e. The van der Waals surface area contributed by atoms with Gasteiger partial charge in [-0.2, -0.15) is 0 Å². The molecule has 0 aliphatic carbocycles. The zero-order valence-electron chi connectivity index (χ0n) is 40.7. The fraction of sp³-hybridized carbons (Fsp3) is 0. The summed E-state index contributed by atoms with van der Waals surface area (Å²) in [5.74, 6) is 0.686. The van der Waals surface area contributed by atoms with Crippen molar-refractivity contribution in [1.29, 1.82) is 0 Å². The summed E-state index contributed by atoms with van der Waals surface area (Å²) in [6.45, 7) is -0.114. The Kier molecular flexibility index (Phi) is 9.10. The van der Waals surface area contributed by atoms with E-state index in [1.165, 1.54) is 116 Å². The summed E-state index contributed by atoms with van der Waals surface area (Å²) in [6, 6.07) is 91.7. The Labute approximate surface area is 434 Å². The molecule has 0 fully saturated rings. The van der Waals surface area contributed by atoms with Crippen LogP contribution in [0.4, 0.5) is 0 Å². The standard InChI is InChI=1S/C70H43BN4/c1-7-20-44(21-8-1)50-38-55(48-28-15-5-16-29-48)63-59(40-50)74-61-42-52(70-72-36-19-37-73-70)43-62-67(61)71(57-34-32-53(65(63)68(57)74)46-24-11-3-12-25-46)58-35-33-54(47-26-13-4-14-27-47)66-64-56(49-30-17-6-18-31-49)39-51(45-22-9-2-10-23-45)41-60(64)75(62)69(58)66/h1-43H. The Bertz CT molecular complexity index is 4320. The number of aromatic nitrogens is 4. The molecular weight excluding hydrogens is 908 g/mol. The van der Waals surface area contributed by atoms with Gasteiger partial charge in [-0.15, -0.1) is 0 Å². The van der Waals surface area contributed by atoms with E-state index in [9.17, 15) is 0 Å². The minimum atomic E-state index is -0.114. The third-order valence-corrected chi connectivity index (χ3v) is 16.0. The lowest BCUT2D eigenvalue weighted by molar-refractivity contribution is 1.13. The van der Waals surface area contributed by atoms with Gasteiger partial charge in [-0.05, 0) is 126 Å². The van der Waals surface area contributed by atoms with Crippen LogP contribution in [0.3, 0.4) is 0 Å². The van der Waals surface area contributed by atoms with Crippen molar-refractivity contribution in [1.82, 2.24) is 19.1 Å². The van der Waals surface area contributed by atoms with Crippen LogP contribution >= 0.6 is 0 Å². The summed E-state index contributed by atoms with van der Waals surface area (Å²) in [6.07, 6.45) is 3.73. The van der Waals surface area contributed by atoms with Crippen LogP contribution in [0.5, 0.6) is 0 Å². The molecule has 0 bridgehead atoms. The van der Waals surface area contributed by atoms with E-state index in [-0.39, 0.29) is 6.71 Å². The van der Waals surface area contributed by atoms with Crippen molar-refractivity contribution < 1.29 is 0 Å². The van der Waals surface area contributed by atoms with Crippen LogP contribution in [-0.4, -0.2) is 25.8 Å². The second-order valence-electron chi connectivity index (χ2n) is 20.0. The summed E-state index contributed by atoms with van der Waals surface area (Å²) in [5.41, 5.74) is 26.1. The average Bonchev–Trinajstić information content (AvgIpc) is 4.04. The molecule has 0 spiro atoms. The van der Waals surface area contributed by atoms with Crippen molar-refractivity contribution >= 4 is 66.7 Å². The predicted octanol–water partition coefficient (Wildman–Crippen LogP) is 15.5. The molecule has 4 nitrogen and oxygen atoms in total. The van der Waals surface area contributed by atoms with E-state index in [0.29, 0.717) is 5.82 Å². The SMILES string of the molecule is c1ccc(-c2cc(-c3ccccc3)c3c4c(-c5ccccc5)ccc5c4n(c3c2)-c2cc(-c3ncccn3)cc3c2B5c2ccc(-c4ccccc4)c4c5c(-c6ccccc6)cc(-c6ccccc6)cc5n-3c24)cc1. The lowest BCUT2D eigenvalue weighted by Gasteiger charge is -2.34. The molecule has 0 saturated heterocycles. The number of hydrogen-bond donors (Lipinski definition) is 0. The van der Waals surface area contributed by atoms with Crippen LogP contribution in [0.1, 0.15) is 0 Å². The van der Waals surface area contributed by atoms with Crippen molar-refractivity contribution in [2.24, 2.45) is 0 Å². The van der Waals surface area contributed by atoms with E-state index in [4.69, 9.17) is 9.97 Å². The molecule has 0 unspecified atom stereocenters. The molecule has 2 aliphatic heterocycles. The Morgan fingerprint density at radius 3 is 1.03 bits per heavy atom. The van der Waals surface area contributed by atoms with Gasteiger partial charge >= 0.3 is 0 Å². The molecule has 16 rings (SSSR count). The number of fused-ring (bicyclic) bond motifs is 10. The van der Waals surface area contributed by atoms with Crippen LogP contribution in [0.2, 0.25) is 0 Å². The largest absolute Gasteiger partial charge is 0.310 e. The summed E-state index contributed by atoms with van der Waals surface area (Å²) in [7, 11) is 0. The highest BCUT2D eigenvalue weighted by molar-refractivity contribution is 7.00. The van der Waals surface area contributed by atoms with Crippen molar-refractivity contribution in [2.75, 3.05) is 0 Å². The molecule has 0 saturated carbocycles. The van der Waals surface area contributed by atoms with Crippen LogP contribution < -0.4 is 16.4 Å². The zero-order chi connectivity index (χ0) is 49.1. The van der Waals surface area contributed by atoms with E-state index in [2.05, 4.69) is 252 Å². The van der Waals surface area contributed by atoms with Crippen LogP contribution in [0.25, 0.3) is 133 Å². The minimum Gasteiger partial charge on any atom is -0.310 e. The van der Waals surface area contributed by atoms with Crippen LogP contribution in [0.15, 0.2) is 261 Å². The molecule has 0 amide bonds. The van der Waals surface area contributed by atoms with E-state index in [0.717, 1.165) is 28.0 Å². The van der Waals surface area contributed by atoms with Crippen LogP contribution in [0, 0.1) is 0 Å². The van der Waals surface area contributed by atoms with E-state index in [1.807, 2.05) is 18.5 Å². The molecule has 0 N–H and O–H groups in total. The fourth-order valence-electron chi connectivity index (χ4n) is 12.9. The van der Waals surface area contributed by atoms with Gasteiger partial charge in [-0.1, -0.05) is 206 Å². The summed E-state index contributed by atoms with van der Waals surface area (Å²) < 4.78 is 5.23. The Hall–Kier alpha value is -9.84. The normalized spacial score (nSPS) is 12.2. The number of nitrogens with zero attached hydrogens (tertiary/aromatic N) is 4. The van der Waals surface area contributed by atoms with Gasteiger partial charge in [0, 0.05) is 50.9 Å². The zero-order valence-corrected chi connectivity index (χ0v) is 40.7. The molecule has 5 heterocycles. The highest BCUT2D eigenvalue weighted by Gasteiger charge is 2.43. The molecule has 14 aromatic rings. The molecule has 75 heavy (non-hydrogen) atoms. The van der Waals surface area contributed by atoms with Gasteiger partial charge < -0.3 is 9.13 Å². The molecule has 0 atom stereocenters. The summed E-state index contributed by atoms with van der Waals surface area (Å²) in [4.78, 5) is 9.98. The molecule has 5 heteroatoms. The average molecular weight is 951 g/mol.